The Balaban J connectivity index is 2.60. The highest BCUT2D eigenvalue weighted by molar-refractivity contribution is 5.61. The summed E-state index contributed by atoms with van der Waals surface area (Å²) in [4.78, 5) is 4.42. The number of rotatable bonds is 3. The Morgan fingerprint density at radius 1 is 1.35 bits per heavy atom. The van der Waals surface area contributed by atoms with E-state index in [9.17, 15) is 0 Å². The lowest BCUT2D eigenvalue weighted by atomic mass is 9.99. The van der Waals surface area contributed by atoms with Gasteiger partial charge in [0.15, 0.2) is 5.69 Å². The largest absolute Gasteiger partial charge is 0.496 e. The Labute approximate surface area is 119 Å². The molecule has 0 saturated heterocycles. The van der Waals surface area contributed by atoms with Crippen LogP contribution in [0.1, 0.15) is 36.7 Å². The molecule has 0 N–H and O–H groups in total. The molecule has 0 unspecified atom stereocenters. The minimum absolute atomic E-state index is 0.363. The van der Waals surface area contributed by atoms with Crippen molar-refractivity contribution in [3.05, 3.63) is 35.2 Å². The van der Waals surface area contributed by atoms with Crippen LogP contribution in [0.5, 0.6) is 5.75 Å². The number of hydrogen-bond donors (Lipinski definition) is 0. The van der Waals surface area contributed by atoms with Crippen molar-refractivity contribution < 1.29 is 4.74 Å². The molecule has 104 valence electrons. The van der Waals surface area contributed by atoms with Gasteiger partial charge in [-0.2, -0.15) is 5.26 Å². The van der Waals surface area contributed by atoms with Crippen molar-refractivity contribution in [3.63, 3.8) is 0 Å². The molecule has 0 fully saturated rings. The van der Waals surface area contributed by atoms with Crippen LogP contribution in [-0.2, 0) is 7.05 Å². The van der Waals surface area contributed by atoms with Gasteiger partial charge in [-0.25, -0.2) is 4.98 Å². The Bertz CT molecular complexity index is 678. The molecule has 20 heavy (non-hydrogen) atoms. The zero-order chi connectivity index (χ0) is 14.9. The van der Waals surface area contributed by atoms with E-state index in [0.29, 0.717) is 11.6 Å². The maximum absolute atomic E-state index is 9.08. The van der Waals surface area contributed by atoms with Gasteiger partial charge in [-0.05, 0) is 36.6 Å². The molecule has 4 nitrogen and oxygen atoms in total. The van der Waals surface area contributed by atoms with E-state index in [0.717, 1.165) is 28.4 Å². The van der Waals surface area contributed by atoms with Crippen molar-refractivity contribution in [2.75, 3.05) is 7.11 Å². The zero-order valence-electron chi connectivity index (χ0n) is 12.6. The molecule has 2 rings (SSSR count). The lowest BCUT2D eigenvalue weighted by Gasteiger charge is -2.13. The van der Waals surface area contributed by atoms with Crippen molar-refractivity contribution in [1.29, 1.82) is 5.26 Å². The second kappa shape index (κ2) is 5.38. The van der Waals surface area contributed by atoms with Crippen LogP contribution >= 0.6 is 0 Å². The summed E-state index contributed by atoms with van der Waals surface area (Å²) in [5.74, 6) is 2.06. The summed E-state index contributed by atoms with van der Waals surface area (Å²) in [6, 6.07) is 8.16. The number of hydrogen-bond acceptors (Lipinski definition) is 3. The number of aromatic nitrogens is 2. The smallest absolute Gasteiger partial charge is 0.162 e. The van der Waals surface area contributed by atoms with Crippen molar-refractivity contribution in [2.45, 2.75) is 26.7 Å². The lowest BCUT2D eigenvalue weighted by Crippen LogP contribution is -1.98. The van der Waals surface area contributed by atoms with Gasteiger partial charge in [-0.15, -0.1) is 0 Å². The van der Waals surface area contributed by atoms with Crippen molar-refractivity contribution in [3.8, 4) is 23.2 Å². The second-order valence-corrected chi connectivity index (χ2v) is 5.15. The van der Waals surface area contributed by atoms with Crippen molar-refractivity contribution in [1.82, 2.24) is 9.55 Å². The maximum Gasteiger partial charge on any atom is 0.162 e. The zero-order valence-corrected chi connectivity index (χ0v) is 12.6. The predicted molar refractivity (Wildman–Crippen MR) is 78.7 cm³/mol. The Hall–Kier alpha value is -2.28. The molecule has 0 aliphatic carbocycles. The van der Waals surface area contributed by atoms with Crippen LogP contribution in [0.25, 0.3) is 11.4 Å². The molecule has 1 heterocycles. The molecule has 0 saturated carbocycles. The lowest BCUT2D eigenvalue weighted by molar-refractivity contribution is 0.407. The highest BCUT2D eigenvalue weighted by Gasteiger charge is 2.15. The van der Waals surface area contributed by atoms with E-state index >= 15 is 0 Å². The molecule has 2 aromatic rings. The maximum atomic E-state index is 9.08. The average molecular weight is 269 g/mol. The van der Waals surface area contributed by atoms with E-state index in [2.05, 4.69) is 31.0 Å². The summed E-state index contributed by atoms with van der Waals surface area (Å²) < 4.78 is 7.35. The van der Waals surface area contributed by atoms with Crippen LogP contribution in [0.3, 0.4) is 0 Å². The molecule has 0 radical (unpaired) electrons. The van der Waals surface area contributed by atoms with E-state index in [1.165, 1.54) is 0 Å². The van der Waals surface area contributed by atoms with Crippen LogP contribution < -0.4 is 4.74 Å². The molecule has 4 heteroatoms. The average Bonchev–Trinajstić information content (AvgIpc) is 2.74. The predicted octanol–water partition coefficient (Wildman–Crippen LogP) is 3.40. The van der Waals surface area contributed by atoms with Gasteiger partial charge in [0.1, 0.15) is 17.6 Å². The highest BCUT2D eigenvalue weighted by Crippen LogP contribution is 2.31. The third-order valence-electron chi connectivity index (χ3n) is 3.60. The van der Waals surface area contributed by atoms with Gasteiger partial charge < -0.3 is 9.30 Å². The summed E-state index contributed by atoms with van der Waals surface area (Å²) >= 11 is 0. The fraction of sp³-hybridized carbons (Fsp3) is 0.375. The first-order chi connectivity index (χ1) is 9.49. The fourth-order valence-corrected chi connectivity index (χ4v) is 2.27. The van der Waals surface area contributed by atoms with E-state index < -0.39 is 0 Å². The molecule has 0 amide bonds. The standard InChI is InChI=1S/C16H19N3O/c1-10(2)13-8-12(6-7-15(13)20-5)16-18-14(9-17)11(3)19(16)4/h6-8,10H,1-5H3. The number of nitriles is 1. The molecule has 1 aromatic heterocycles. The first kappa shape index (κ1) is 14.1. The minimum atomic E-state index is 0.363. The van der Waals surface area contributed by atoms with E-state index in [-0.39, 0.29) is 0 Å². The number of imidazole rings is 1. The summed E-state index contributed by atoms with van der Waals surface area (Å²) in [5.41, 5.74) is 3.50. The highest BCUT2D eigenvalue weighted by atomic mass is 16.5. The van der Waals surface area contributed by atoms with Crippen molar-refractivity contribution in [2.24, 2.45) is 7.05 Å². The van der Waals surface area contributed by atoms with Gasteiger partial charge in [0.25, 0.3) is 0 Å². The number of methoxy groups -OCH3 is 1. The van der Waals surface area contributed by atoms with Gasteiger partial charge in [0.05, 0.1) is 12.8 Å². The van der Waals surface area contributed by atoms with Gasteiger partial charge in [-0.3, -0.25) is 0 Å². The summed E-state index contributed by atoms with van der Waals surface area (Å²) in [7, 11) is 3.61. The van der Waals surface area contributed by atoms with Crippen LogP contribution in [0.4, 0.5) is 0 Å². The van der Waals surface area contributed by atoms with E-state index in [4.69, 9.17) is 10.00 Å². The summed E-state index contributed by atoms with van der Waals surface area (Å²) in [6.07, 6.45) is 0. The van der Waals surface area contributed by atoms with E-state index in [1.807, 2.05) is 30.7 Å². The number of ether oxygens (including phenoxy) is 1. The first-order valence-corrected chi connectivity index (χ1v) is 6.61. The van der Waals surface area contributed by atoms with Crippen LogP contribution in [0, 0.1) is 18.3 Å². The third kappa shape index (κ3) is 2.27. The van der Waals surface area contributed by atoms with Crippen LogP contribution in [0.15, 0.2) is 18.2 Å². The Morgan fingerprint density at radius 2 is 2.05 bits per heavy atom. The molecular weight excluding hydrogens is 250 g/mol. The fourth-order valence-electron chi connectivity index (χ4n) is 2.27. The minimum Gasteiger partial charge on any atom is -0.496 e. The third-order valence-corrected chi connectivity index (χ3v) is 3.60. The monoisotopic (exact) mass is 269 g/mol. The van der Waals surface area contributed by atoms with Gasteiger partial charge in [0.2, 0.25) is 0 Å². The van der Waals surface area contributed by atoms with Crippen LogP contribution in [0.2, 0.25) is 0 Å². The molecule has 1 aromatic carbocycles. The molecular formula is C16H19N3O. The molecule has 0 atom stereocenters. The Morgan fingerprint density at radius 3 is 2.55 bits per heavy atom. The van der Waals surface area contributed by atoms with Crippen LogP contribution in [-0.4, -0.2) is 16.7 Å². The molecule has 0 bridgehead atoms. The summed E-state index contributed by atoms with van der Waals surface area (Å²) in [6.45, 7) is 6.17. The van der Waals surface area contributed by atoms with Gasteiger partial charge >= 0.3 is 0 Å². The topological polar surface area (TPSA) is 50.8 Å². The summed E-state index contributed by atoms with van der Waals surface area (Å²) in [5, 5.41) is 9.08. The number of nitrogens with zero attached hydrogens (tertiary/aromatic N) is 3. The van der Waals surface area contributed by atoms with Gasteiger partial charge in [0, 0.05) is 12.6 Å². The van der Waals surface area contributed by atoms with Crippen molar-refractivity contribution >= 4 is 0 Å². The van der Waals surface area contributed by atoms with Gasteiger partial charge in [-0.1, -0.05) is 13.8 Å². The molecule has 0 aliphatic rings. The first-order valence-electron chi connectivity index (χ1n) is 6.61. The Kier molecular flexibility index (Phi) is 3.80. The van der Waals surface area contributed by atoms with E-state index in [1.54, 1.807) is 7.11 Å². The normalized spacial score (nSPS) is 10.7. The molecule has 0 spiro atoms. The quantitative estimate of drug-likeness (QED) is 0.858. The number of benzene rings is 1. The second-order valence-electron chi connectivity index (χ2n) is 5.15. The molecule has 0 aliphatic heterocycles. The SMILES string of the molecule is COc1ccc(-c2nc(C#N)c(C)n2C)cc1C(C)C.